The Labute approximate surface area is 120 Å². The predicted octanol–water partition coefficient (Wildman–Crippen LogP) is 0.234. The molecule has 2 fully saturated rings. The fraction of sp³-hybridized carbons (Fsp3) is 0.857. The summed E-state index contributed by atoms with van der Waals surface area (Å²) in [5.74, 6) is 1.01. The van der Waals surface area contributed by atoms with Gasteiger partial charge in [0.05, 0.1) is 6.04 Å². The maximum atomic E-state index is 12.4. The van der Waals surface area contributed by atoms with Crippen LogP contribution < -0.4 is 11.1 Å². The van der Waals surface area contributed by atoms with Gasteiger partial charge < -0.3 is 20.9 Å². The number of carbonyl (C=O) groups is 2. The van der Waals surface area contributed by atoms with Gasteiger partial charge in [-0.2, -0.15) is 0 Å². The molecule has 0 aromatic carbocycles. The standard InChI is InChI=1S/C14H26N4O2/c1-10(2)5-11(7-15)6-13(19)17-3-4-18-12(9-17)8-16-14(18)20/h10-12H,3-9,15H2,1-2H3,(H,16,20). The van der Waals surface area contributed by atoms with Crippen LogP contribution in [0.3, 0.4) is 0 Å². The third-order valence-electron chi connectivity index (χ3n) is 4.19. The van der Waals surface area contributed by atoms with E-state index in [2.05, 4.69) is 19.2 Å². The Morgan fingerprint density at radius 2 is 2.20 bits per heavy atom. The van der Waals surface area contributed by atoms with Gasteiger partial charge in [0, 0.05) is 32.6 Å². The van der Waals surface area contributed by atoms with Gasteiger partial charge in [0.2, 0.25) is 5.91 Å². The molecule has 2 aliphatic heterocycles. The molecule has 6 nitrogen and oxygen atoms in total. The van der Waals surface area contributed by atoms with Crippen molar-refractivity contribution in [3.8, 4) is 0 Å². The lowest BCUT2D eigenvalue weighted by Crippen LogP contribution is -2.54. The molecule has 0 spiro atoms. The van der Waals surface area contributed by atoms with E-state index in [9.17, 15) is 9.59 Å². The second-order valence-electron chi connectivity index (χ2n) is 6.31. The number of piperazine rings is 1. The van der Waals surface area contributed by atoms with E-state index in [1.165, 1.54) is 0 Å². The molecule has 2 atom stereocenters. The van der Waals surface area contributed by atoms with E-state index < -0.39 is 0 Å². The van der Waals surface area contributed by atoms with Crippen molar-refractivity contribution in [2.24, 2.45) is 17.6 Å². The molecule has 2 unspecified atom stereocenters. The molecule has 0 aromatic rings. The van der Waals surface area contributed by atoms with E-state index in [-0.39, 0.29) is 23.9 Å². The first-order valence-corrected chi connectivity index (χ1v) is 7.53. The minimum atomic E-state index is 0.00161. The first-order valence-electron chi connectivity index (χ1n) is 7.53. The van der Waals surface area contributed by atoms with Crippen molar-refractivity contribution < 1.29 is 9.59 Å². The quantitative estimate of drug-likeness (QED) is 0.758. The minimum Gasteiger partial charge on any atom is -0.339 e. The lowest BCUT2D eigenvalue weighted by molar-refractivity contribution is -0.134. The zero-order valence-corrected chi connectivity index (χ0v) is 12.5. The van der Waals surface area contributed by atoms with Gasteiger partial charge >= 0.3 is 6.03 Å². The highest BCUT2D eigenvalue weighted by Crippen LogP contribution is 2.19. The topological polar surface area (TPSA) is 78.7 Å². The molecule has 3 amide bonds. The Balaban J connectivity index is 1.85. The highest BCUT2D eigenvalue weighted by Gasteiger charge is 2.37. The third-order valence-corrected chi connectivity index (χ3v) is 4.19. The van der Waals surface area contributed by atoms with Crippen LogP contribution in [0.2, 0.25) is 0 Å². The first-order chi connectivity index (χ1) is 9.51. The summed E-state index contributed by atoms with van der Waals surface area (Å²) in [7, 11) is 0. The van der Waals surface area contributed by atoms with Gasteiger partial charge in [-0.1, -0.05) is 13.8 Å². The molecular formula is C14H26N4O2. The van der Waals surface area contributed by atoms with E-state index in [1.54, 1.807) is 0 Å². The maximum Gasteiger partial charge on any atom is 0.317 e. The number of hydrogen-bond acceptors (Lipinski definition) is 3. The highest BCUT2D eigenvalue weighted by atomic mass is 16.2. The van der Waals surface area contributed by atoms with E-state index >= 15 is 0 Å². The van der Waals surface area contributed by atoms with Gasteiger partial charge in [0.15, 0.2) is 0 Å². The van der Waals surface area contributed by atoms with E-state index in [0.29, 0.717) is 45.1 Å². The van der Waals surface area contributed by atoms with Crippen LogP contribution in [0.15, 0.2) is 0 Å². The minimum absolute atomic E-state index is 0.00161. The van der Waals surface area contributed by atoms with Crippen LogP contribution in [0, 0.1) is 11.8 Å². The number of nitrogens with zero attached hydrogens (tertiary/aromatic N) is 2. The summed E-state index contributed by atoms with van der Waals surface area (Å²) in [4.78, 5) is 27.6. The molecule has 3 N–H and O–H groups in total. The van der Waals surface area contributed by atoms with Crippen molar-refractivity contribution in [3.05, 3.63) is 0 Å². The molecule has 0 saturated carbocycles. The lowest BCUT2D eigenvalue weighted by Gasteiger charge is -2.37. The second-order valence-corrected chi connectivity index (χ2v) is 6.31. The summed E-state index contributed by atoms with van der Waals surface area (Å²) in [6.07, 6.45) is 1.52. The van der Waals surface area contributed by atoms with E-state index in [4.69, 9.17) is 5.73 Å². The van der Waals surface area contributed by atoms with Crippen LogP contribution >= 0.6 is 0 Å². The zero-order valence-electron chi connectivity index (χ0n) is 12.5. The Kier molecular flexibility index (Phi) is 4.86. The average Bonchev–Trinajstić information content (AvgIpc) is 2.78. The van der Waals surface area contributed by atoms with E-state index in [0.717, 1.165) is 6.42 Å². The van der Waals surface area contributed by atoms with Gasteiger partial charge in [-0.25, -0.2) is 4.79 Å². The number of hydrogen-bond donors (Lipinski definition) is 2. The van der Waals surface area contributed by atoms with Gasteiger partial charge in [0.25, 0.3) is 0 Å². The summed E-state index contributed by atoms with van der Waals surface area (Å²) in [6.45, 7) is 7.45. The normalized spacial score (nSPS) is 23.8. The molecule has 2 aliphatic rings. The first kappa shape index (κ1) is 15.1. The van der Waals surface area contributed by atoms with Gasteiger partial charge in [-0.15, -0.1) is 0 Å². The van der Waals surface area contributed by atoms with Crippen LogP contribution in [0.4, 0.5) is 4.79 Å². The van der Waals surface area contributed by atoms with Crippen molar-refractivity contribution in [2.75, 3.05) is 32.7 Å². The molecule has 2 heterocycles. The molecule has 0 aromatic heterocycles. The molecule has 0 bridgehead atoms. The molecule has 0 aliphatic carbocycles. The fourth-order valence-electron chi connectivity index (χ4n) is 3.14. The fourth-order valence-corrected chi connectivity index (χ4v) is 3.14. The lowest BCUT2D eigenvalue weighted by atomic mass is 9.93. The number of fused-ring (bicyclic) bond motifs is 1. The van der Waals surface area contributed by atoms with Gasteiger partial charge in [-0.05, 0) is 24.8 Å². The summed E-state index contributed by atoms with van der Waals surface area (Å²) < 4.78 is 0. The Morgan fingerprint density at radius 3 is 2.85 bits per heavy atom. The van der Waals surface area contributed by atoms with Crippen molar-refractivity contribution >= 4 is 11.9 Å². The van der Waals surface area contributed by atoms with Crippen molar-refractivity contribution in [1.29, 1.82) is 0 Å². The monoisotopic (exact) mass is 282 g/mol. The summed E-state index contributed by atoms with van der Waals surface area (Å²) in [5, 5.41) is 2.83. The number of carbonyl (C=O) groups excluding carboxylic acids is 2. The predicted molar refractivity (Wildman–Crippen MR) is 77.1 cm³/mol. The molecule has 20 heavy (non-hydrogen) atoms. The average molecular weight is 282 g/mol. The largest absolute Gasteiger partial charge is 0.339 e. The SMILES string of the molecule is CC(C)CC(CN)CC(=O)N1CCN2C(=O)NCC2C1. The van der Waals surface area contributed by atoms with Crippen LogP contribution in [0.1, 0.15) is 26.7 Å². The van der Waals surface area contributed by atoms with Gasteiger partial charge in [-0.3, -0.25) is 4.79 Å². The zero-order chi connectivity index (χ0) is 14.7. The molecule has 114 valence electrons. The van der Waals surface area contributed by atoms with Gasteiger partial charge in [0.1, 0.15) is 0 Å². The number of nitrogens with two attached hydrogens (primary N) is 1. The van der Waals surface area contributed by atoms with Crippen LogP contribution in [-0.2, 0) is 4.79 Å². The highest BCUT2D eigenvalue weighted by molar-refractivity contribution is 5.79. The van der Waals surface area contributed by atoms with Crippen molar-refractivity contribution in [2.45, 2.75) is 32.7 Å². The molecule has 6 heteroatoms. The Morgan fingerprint density at radius 1 is 1.45 bits per heavy atom. The number of rotatable bonds is 5. The second kappa shape index (κ2) is 6.43. The summed E-state index contributed by atoms with van der Waals surface area (Å²) >= 11 is 0. The molecule has 2 saturated heterocycles. The number of amides is 3. The van der Waals surface area contributed by atoms with Crippen LogP contribution in [0.5, 0.6) is 0 Å². The molecule has 2 rings (SSSR count). The Hall–Kier alpha value is -1.30. The summed E-state index contributed by atoms with van der Waals surface area (Å²) in [5.41, 5.74) is 5.77. The molecule has 0 radical (unpaired) electrons. The molecular weight excluding hydrogens is 256 g/mol. The summed E-state index contributed by atoms with van der Waals surface area (Å²) in [6, 6.07) is 0.142. The van der Waals surface area contributed by atoms with E-state index in [1.807, 2.05) is 9.80 Å². The Bertz CT molecular complexity index is 372. The maximum absolute atomic E-state index is 12.4. The number of nitrogens with one attached hydrogen (secondary N) is 1. The smallest absolute Gasteiger partial charge is 0.317 e. The third kappa shape index (κ3) is 3.42. The van der Waals surface area contributed by atoms with Crippen molar-refractivity contribution in [1.82, 2.24) is 15.1 Å². The van der Waals surface area contributed by atoms with Crippen LogP contribution in [0.25, 0.3) is 0 Å². The van der Waals surface area contributed by atoms with Crippen molar-refractivity contribution in [3.63, 3.8) is 0 Å². The number of urea groups is 1. The van der Waals surface area contributed by atoms with Crippen LogP contribution in [-0.4, -0.2) is 60.5 Å².